The summed E-state index contributed by atoms with van der Waals surface area (Å²) < 4.78 is 10.7. The second-order valence-electron chi connectivity index (χ2n) is 5.92. The Kier molecular flexibility index (Phi) is 5.26. The van der Waals surface area contributed by atoms with Crippen molar-refractivity contribution in [2.75, 3.05) is 38.4 Å². The monoisotopic (exact) mass is 321 g/mol. The van der Waals surface area contributed by atoms with Crippen molar-refractivity contribution in [2.45, 2.75) is 19.3 Å². The number of thioether (sulfide) groups is 1. The third-order valence-electron chi connectivity index (χ3n) is 4.36. The SMILES string of the molecule is CSCCCN1CCCC(C(=O)c2ccc3c(c2)OCO3)C1. The van der Waals surface area contributed by atoms with Crippen molar-refractivity contribution in [3.8, 4) is 11.5 Å². The van der Waals surface area contributed by atoms with Gasteiger partial charge in [0.05, 0.1) is 0 Å². The highest BCUT2D eigenvalue weighted by Crippen LogP contribution is 2.33. The van der Waals surface area contributed by atoms with E-state index in [0.29, 0.717) is 5.75 Å². The van der Waals surface area contributed by atoms with Crippen LogP contribution in [0.5, 0.6) is 11.5 Å². The van der Waals surface area contributed by atoms with Crippen LogP contribution < -0.4 is 9.47 Å². The topological polar surface area (TPSA) is 38.8 Å². The van der Waals surface area contributed by atoms with E-state index >= 15 is 0 Å². The number of rotatable bonds is 6. The number of ether oxygens (including phenoxy) is 2. The Bertz CT molecular complexity index is 535. The molecule has 4 nitrogen and oxygen atoms in total. The van der Waals surface area contributed by atoms with Gasteiger partial charge in [-0.1, -0.05) is 0 Å². The molecule has 0 aromatic heterocycles. The van der Waals surface area contributed by atoms with Crippen LogP contribution in [0.15, 0.2) is 18.2 Å². The van der Waals surface area contributed by atoms with Crippen LogP contribution in [-0.4, -0.2) is 49.1 Å². The molecule has 120 valence electrons. The standard InChI is InChI=1S/C17H23NO3S/c1-22-9-3-8-18-7-2-4-14(11-18)17(19)13-5-6-15-16(10-13)21-12-20-15/h5-6,10,14H,2-4,7-9,11-12H2,1H3. The number of nitrogens with zero attached hydrogens (tertiary/aromatic N) is 1. The fraction of sp³-hybridized carbons (Fsp3) is 0.588. The Labute approximate surface area is 136 Å². The van der Waals surface area contributed by atoms with Gasteiger partial charge >= 0.3 is 0 Å². The average Bonchev–Trinajstić information content (AvgIpc) is 3.02. The lowest BCUT2D eigenvalue weighted by Gasteiger charge is -2.32. The van der Waals surface area contributed by atoms with Gasteiger partial charge in [0.1, 0.15) is 0 Å². The first-order chi connectivity index (χ1) is 10.8. The highest BCUT2D eigenvalue weighted by molar-refractivity contribution is 7.98. The summed E-state index contributed by atoms with van der Waals surface area (Å²) in [5, 5.41) is 0. The van der Waals surface area contributed by atoms with Gasteiger partial charge in [-0.05, 0) is 62.6 Å². The van der Waals surface area contributed by atoms with Gasteiger partial charge in [0.15, 0.2) is 17.3 Å². The van der Waals surface area contributed by atoms with Gasteiger partial charge in [0, 0.05) is 18.0 Å². The van der Waals surface area contributed by atoms with Gasteiger partial charge in [-0.3, -0.25) is 4.79 Å². The summed E-state index contributed by atoms with van der Waals surface area (Å²) in [5.74, 6) is 2.98. The van der Waals surface area contributed by atoms with Crippen LogP contribution in [0.4, 0.5) is 0 Å². The molecule has 0 radical (unpaired) electrons. The third-order valence-corrected chi connectivity index (χ3v) is 5.05. The van der Waals surface area contributed by atoms with E-state index in [4.69, 9.17) is 9.47 Å². The van der Waals surface area contributed by atoms with Crippen LogP contribution in [0.2, 0.25) is 0 Å². The van der Waals surface area contributed by atoms with Crippen molar-refractivity contribution in [2.24, 2.45) is 5.92 Å². The fourth-order valence-electron chi connectivity index (χ4n) is 3.19. The summed E-state index contributed by atoms with van der Waals surface area (Å²) in [4.78, 5) is 15.2. The molecule has 0 amide bonds. The zero-order valence-electron chi connectivity index (χ0n) is 13.0. The second kappa shape index (κ2) is 7.38. The van der Waals surface area contributed by atoms with Crippen LogP contribution in [0.25, 0.3) is 0 Å². The highest BCUT2D eigenvalue weighted by Gasteiger charge is 2.27. The lowest BCUT2D eigenvalue weighted by atomic mass is 9.90. The zero-order valence-corrected chi connectivity index (χ0v) is 13.9. The third kappa shape index (κ3) is 3.58. The molecule has 0 spiro atoms. The first-order valence-electron chi connectivity index (χ1n) is 7.93. The predicted molar refractivity (Wildman–Crippen MR) is 89.1 cm³/mol. The number of piperidine rings is 1. The molecule has 1 unspecified atom stereocenters. The smallest absolute Gasteiger partial charge is 0.231 e. The number of benzene rings is 1. The number of Topliss-reactive ketones (excluding diaryl/α,β-unsaturated/α-hetero) is 1. The normalized spacial score (nSPS) is 21.0. The maximum atomic E-state index is 12.7. The van der Waals surface area contributed by atoms with Gasteiger partial charge < -0.3 is 14.4 Å². The zero-order chi connectivity index (χ0) is 15.4. The van der Waals surface area contributed by atoms with E-state index in [9.17, 15) is 4.79 Å². The van der Waals surface area contributed by atoms with Crippen LogP contribution in [0.3, 0.4) is 0 Å². The average molecular weight is 321 g/mol. The Morgan fingerprint density at radius 3 is 3.09 bits per heavy atom. The van der Waals surface area contributed by atoms with E-state index in [2.05, 4.69) is 11.2 Å². The molecule has 3 rings (SSSR count). The molecule has 22 heavy (non-hydrogen) atoms. The minimum absolute atomic E-state index is 0.114. The van der Waals surface area contributed by atoms with Gasteiger partial charge in [0.2, 0.25) is 6.79 Å². The molecule has 1 saturated heterocycles. The van der Waals surface area contributed by atoms with E-state index < -0.39 is 0 Å². The molecule has 2 aliphatic heterocycles. The predicted octanol–water partition coefficient (Wildman–Crippen LogP) is 3.06. The number of fused-ring (bicyclic) bond motifs is 1. The molecule has 5 heteroatoms. The number of carbonyl (C=O) groups excluding carboxylic acids is 1. The summed E-state index contributed by atoms with van der Waals surface area (Å²) in [5.41, 5.74) is 0.750. The Morgan fingerprint density at radius 2 is 2.23 bits per heavy atom. The first-order valence-corrected chi connectivity index (χ1v) is 9.32. The first kappa shape index (κ1) is 15.7. The number of hydrogen-bond donors (Lipinski definition) is 0. The molecule has 1 atom stereocenters. The summed E-state index contributed by atoms with van der Waals surface area (Å²) in [6.07, 6.45) is 5.45. The molecule has 0 N–H and O–H groups in total. The van der Waals surface area contributed by atoms with Crippen LogP contribution in [0, 0.1) is 5.92 Å². The van der Waals surface area contributed by atoms with Gasteiger partial charge in [-0.2, -0.15) is 11.8 Å². The fourth-order valence-corrected chi connectivity index (χ4v) is 3.61. The van der Waals surface area contributed by atoms with Gasteiger partial charge in [0.25, 0.3) is 0 Å². The second-order valence-corrected chi connectivity index (χ2v) is 6.90. The van der Waals surface area contributed by atoms with Gasteiger partial charge in [-0.25, -0.2) is 0 Å². The maximum absolute atomic E-state index is 12.7. The lowest BCUT2D eigenvalue weighted by molar-refractivity contribution is 0.0820. The summed E-state index contributed by atoms with van der Waals surface area (Å²) in [7, 11) is 0. The van der Waals surface area contributed by atoms with Crippen molar-refractivity contribution >= 4 is 17.5 Å². The van der Waals surface area contributed by atoms with Gasteiger partial charge in [-0.15, -0.1) is 0 Å². The van der Waals surface area contributed by atoms with Crippen molar-refractivity contribution in [1.29, 1.82) is 0 Å². The van der Waals surface area contributed by atoms with Crippen molar-refractivity contribution < 1.29 is 14.3 Å². The highest BCUT2D eigenvalue weighted by atomic mass is 32.2. The van der Waals surface area contributed by atoms with E-state index in [0.717, 1.165) is 43.8 Å². The molecule has 0 aliphatic carbocycles. The summed E-state index contributed by atoms with van der Waals surface area (Å²) >= 11 is 1.89. The van der Waals surface area contributed by atoms with Crippen molar-refractivity contribution in [1.82, 2.24) is 4.90 Å². The Hall–Kier alpha value is -1.20. The van der Waals surface area contributed by atoms with E-state index in [1.165, 1.54) is 12.2 Å². The molecule has 1 fully saturated rings. The molecule has 1 aromatic carbocycles. The summed E-state index contributed by atoms with van der Waals surface area (Å²) in [6.45, 7) is 3.37. The number of likely N-dealkylation sites (tertiary alicyclic amines) is 1. The Balaban J connectivity index is 1.61. The summed E-state index contributed by atoms with van der Waals surface area (Å²) in [6, 6.07) is 5.54. The molecule has 0 saturated carbocycles. The molecule has 2 aliphatic rings. The van der Waals surface area contributed by atoms with Crippen LogP contribution >= 0.6 is 11.8 Å². The van der Waals surface area contributed by atoms with E-state index in [1.807, 2.05) is 30.0 Å². The van der Waals surface area contributed by atoms with E-state index in [-0.39, 0.29) is 18.5 Å². The largest absolute Gasteiger partial charge is 0.454 e. The molecule has 1 aromatic rings. The molecule has 0 bridgehead atoms. The number of ketones is 1. The minimum Gasteiger partial charge on any atom is -0.454 e. The molecular weight excluding hydrogens is 298 g/mol. The number of carbonyl (C=O) groups is 1. The number of hydrogen-bond acceptors (Lipinski definition) is 5. The lowest BCUT2D eigenvalue weighted by Crippen LogP contribution is -2.39. The maximum Gasteiger partial charge on any atom is 0.231 e. The van der Waals surface area contributed by atoms with Crippen molar-refractivity contribution in [3.63, 3.8) is 0 Å². The van der Waals surface area contributed by atoms with E-state index in [1.54, 1.807) is 0 Å². The Morgan fingerprint density at radius 1 is 1.36 bits per heavy atom. The minimum atomic E-state index is 0.114. The van der Waals surface area contributed by atoms with Crippen LogP contribution in [-0.2, 0) is 0 Å². The molecular formula is C17H23NO3S. The van der Waals surface area contributed by atoms with Crippen molar-refractivity contribution in [3.05, 3.63) is 23.8 Å². The van der Waals surface area contributed by atoms with Crippen LogP contribution in [0.1, 0.15) is 29.6 Å². The molecule has 2 heterocycles. The quantitative estimate of drug-likeness (QED) is 0.595.